The fraction of sp³-hybridized carbons (Fsp3) is 0.833. The van der Waals surface area contributed by atoms with Crippen LogP contribution in [0.1, 0.15) is 6.42 Å². The summed E-state index contributed by atoms with van der Waals surface area (Å²) in [6.07, 6.45) is 0.924. The van der Waals surface area contributed by atoms with Crippen molar-refractivity contribution in [3.63, 3.8) is 0 Å². The number of nitrogens with zero attached hydrogens (tertiary/aromatic N) is 1. The van der Waals surface area contributed by atoms with E-state index in [-0.39, 0.29) is 12.6 Å². The van der Waals surface area contributed by atoms with Crippen molar-refractivity contribution in [3.8, 4) is 0 Å². The predicted molar refractivity (Wildman–Crippen MR) is 36.7 cm³/mol. The van der Waals surface area contributed by atoms with Crippen LogP contribution >= 0.6 is 0 Å². The molecule has 1 rings (SSSR count). The molecule has 1 unspecified atom stereocenters. The van der Waals surface area contributed by atoms with E-state index in [0.29, 0.717) is 0 Å². The second-order valence-electron chi connectivity index (χ2n) is 2.68. The van der Waals surface area contributed by atoms with E-state index >= 15 is 0 Å². The van der Waals surface area contributed by atoms with Gasteiger partial charge in [-0.3, -0.25) is 9.69 Å². The molecule has 0 bridgehead atoms. The van der Waals surface area contributed by atoms with Crippen LogP contribution < -0.4 is 5.73 Å². The molecule has 10 heavy (non-hydrogen) atoms. The first-order valence-corrected chi connectivity index (χ1v) is 3.38. The van der Waals surface area contributed by atoms with Gasteiger partial charge in [0.25, 0.3) is 0 Å². The first-order chi connectivity index (χ1) is 4.68. The molecule has 0 saturated carbocycles. The molecule has 0 aromatic carbocycles. The fourth-order valence-electron chi connectivity index (χ4n) is 1.20. The molecule has 1 heterocycles. The highest BCUT2D eigenvalue weighted by Gasteiger charge is 2.20. The average Bonchev–Trinajstić information content (AvgIpc) is 2.13. The molecule has 58 valence electrons. The SMILES string of the molecule is NC1CCN(CC(=O)O)C1. The number of hydrogen-bond acceptors (Lipinski definition) is 3. The van der Waals surface area contributed by atoms with Gasteiger partial charge in [-0.05, 0) is 6.42 Å². The molecule has 3 N–H and O–H groups in total. The van der Waals surface area contributed by atoms with Crippen molar-refractivity contribution in [2.45, 2.75) is 12.5 Å². The monoisotopic (exact) mass is 144 g/mol. The maximum absolute atomic E-state index is 10.2. The van der Waals surface area contributed by atoms with Crippen LogP contribution in [0.15, 0.2) is 0 Å². The summed E-state index contributed by atoms with van der Waals surface area (Å²) in [5.74, 6) is -0.769. The van der Waals surface area contributed by atoms with E-state index < -0.39 is 5.97 Å². The zero-order valence-electron chi connectivity index (χ0n) is 5.79. The van der Waals surface area contributed by atoms with E-state index in [1.165, 1.54) is 0 Å². The summed E-state index contributed by atoms with van der Waals surface area (Å²) in [5, 5.41) is 8.38. The Balaban J connectivity index is 2.24. The Labute approximate surface area is 59.6 Å². The minimum atomic E-state index is -0.769. The summed E-state index contributed by atoms with van der Waals surface area (Å²) in [4.78, 5) is 12.0. The molecule has 0 aromatic heterocycles. The van der Waals surface area contributed by atoms with Crippen LogP contribution in [0.2, 0.25) is 0 Å². The minimum absolute atomic E-state index is 0.133. The lowest BCUT2D eigenvalue weighted by Gasteiger charge is -2.10. The molecule has 4 nitrogen and oxygen atoms in total. The average molecular weight is 144 g/mol. The number of rotatable bonds is 2. The topological polar surface area (TPSA) is 66.6 Å². The molecule has 1 fully saturated rings. The quantitative estimate of drug-likeness (QED) is 0.527. The van der Waals surface area contributed by atoms with Crippen LogP contribution in [0.25, 0.3) is 0 Å². The van der Waals surface area contributed by atoms with Gasteiger partial charge < -0.3 is 10.8 Å². The lowest BCUT2D eigenvalue weighted by atomic mass is 10.3. The molecule has 0 radical (unpaired) electrons. The number of carbonyl (C=O) groups is 1. The number of nitrogens with two attached hydrogens (primary N) is 1. The van der Waals surface area contributed by atoms with Crippen LogP contribution in [0.4, 0.5) is 0 Å². The zero-order chi connectivity index (χ0) is 7.56. The Bertz CT molecular complexity index is 138. The molecule has 0 aliphatic carbocycles. The van der Waals surface area contributed by atoms with Crippen molar-refractivity contribution < 1.29 is 9.90 Å². The van der Waals surface area contributed by atoms with Crippen molar-refractivity contribution in [2.24, 2.45) is 5.73 Å². The van der Waals surface area contributed by atoms with E-state index in [1.54, 1.807) is 0 Å². The summed E-state index contributed by atoms with van der Waals surface area (Å²) in [7, 11) is 0. The zero-order valence-corrected chi connectivity index (χ0v) is 5.79. The normalized spacial score (nSPS) is 27.1. The van der Waals surface area contributed by atoms with E-state index in [9.17, 15) is 4.79 Å². The minimum Gasteiger partial charge on any atom is -0.480 e. The van der Waals surface area contributed by atoms with Crippen LogP contribution in [0.5, 0.6) is 0 Å². The van der Waals surface area contributed by atoms with Gasteiger partial charge in [0.05, 0.1) is 6.54 Å². The number of likely N-dealkylation sites (tertiary alicyclic amines) is 1. The summed E-state index contributed by atoms with van der Waals surface area (Å²) < 4.78 is 0. The van der Waals surface area contributed by atoms with Gasteiger partial charge in [0, 0.05) is 19.1 Å². The largest absolute Gasteiger partial charge is 0.480 e. The first kappa shape index (κ1) is 7.50. The van der Waals surface area contributed by atoms with Gasteiger partial charge in [-0.25, -0.2) is 0 Å². The number of aliphatic carboxylic acids is 1. The smallest absolute Gasteiger partial charge is 0.317 e. The highest BCUT2D eigenvalue weighted by atomic mass is 16.4. The number of hydrogen-bond donors (Lipinski definition) is 2. The molecule has 1 aliphatic heterocycles. The van der Waals surface area contributed by atoms with E-state index in [4.69, 9.17) is 10.8 Å². The summed E-state index contributed by atoms with van der Waals surface area (Å²) in [6, 6.07) is 0.180. The third-order valence-electron chi connectivity index (χ3n) is 1.67. The first-order valence-electron chi connectivity index (χ1n) is 3.38. The molecule has 1 aliphatic rings. The highest BCUT2D eigenvalue weighted by molar-refractivity contribution is 5.69. The van der Waals surface area contributed by atoms with Gasteiger partial charge in [-0.2, -0.15) is 0 Å². The van der Waals surface area contributed by atoms with Crippen LogP contribution in [-0.2, 0) is 4.79 Å². The fourth-order valence-corrected chi connectivity index (χ4v) is 1.20. The maximum Gasteiger partial charge on any atom is 0.317 e. The predicted octanol–water partition coefficient (Wildman–Crippen LogP) is -0.896. The van der Waals surface area contributed by atoms with Crippen LogP contribution in [-0.4, -0.2) is 41.7 Å². The third-order valence-corrected chi connectivity index (χ3v) is 1.67. The van der Waals surface area contributed by atoms with Crippen molar-refractivity contribution in [2.75, 3.05) is 19.6 Å². The summed E-state index contributed by atoms with van der Waals surface area (Å²) in [5.41, 5.74) is 5.57. The molecule has 4 heteroatoms. The van der Waals surface area contributed by atoms with E-state index in [0.717, 1.165) is 19.5 Å². The Kier molecular flexibility index (Phi) is 2.24. The second-order valence-corrected chi connectivity index (χ2v) is 2.68. The van der Waals surface area contributed by atoms with Crippen LogP contribution in [0, 0.1) is 0 Å². The van der Waals surface area contributed by atoms with Crippen molar-refractivity contribution >= 4 is 5.97 Å². The Morgan fingerprint density at radius 3 is 2.90 bits per heavy atom. The molecular formula is C6H12N2O2. The maximum atomic E-state index is 10.2. The van der Waals surface area contributed by atoms with Gasteiger partial charge in [0.1, 0.15) is 0 Å². The van der Waals surface area contributed by atoms with Gasteiger partial charge in [-0.15, -0.1) is 0 Å². The van der Waals surface area contributed by atoms with Crippen molar-refractivity contribution in [1.29, 1.82) is 0 Å². The molecule has 1 atom stereocenters. The van der Waals surface area contributed by atoms with Crippen molar-refractivity contribution in [1.82, 2.24) is 4.90 Å². The number of carboxylic acid groups (broad SMARTS) is 1. The Morgan fingerprint density at radius 1 is 1.80 bits per heavy atom. The van der Waals surface area contributed by atoms with Gasteiger partial charge >= 0.3 is 5.97 Å². The summed E-state index contributed by atoms with van der Waals surface area (Å²) >= 11 is 0. The van der Waals surface area contributed by atoms with E-state index in [1.807, 2.05) is 4.90 Å². The highest BCUT2D eigenvalue weighted by Crippen LogP contribution is 2.05. The standard InChI is InChI=1S/C6H12N2O2/c7-5-1-2-8(3-5)4-6(9)10/h5H,1-4,7H2,(H,9,10). The summed E-state index contributed by atoms with van der Waals surface area (Å²) in [6.45, 7) is 1.69. The second kappa shape index (κ2) is 2.98. The van der Waals surface area contributed by atoms with Crippen LogP contribution in [0.3, 0.4) is 0 Å². The Hall–Kier alpha value is -0.610. The number of carboxylic acids is 1. The molecule has 0 spiro atoms. The molecule has 0 amide bonds. The lowest BCUT2D eigenvalue weighted by Crippen LogP contribution is -2.30. The van der Waals surface area contributed by atoms with Gasteiger partial charge in [0.15, 0.2) is 0 Å². The molecule has 0 aromatic rings. The lowest BCUT2D eigenvalue weighted by molar-refractivity contribution is -0.138. The molecular weight excluding hydrogens is 132 g/mol. The van der Waals surface area contributed by atoms with Gasteiger partial charge in [0.2, 0.25) is 0 Å². The van der Waals surface area contributed by atoms with Gasteiger partial charge in [-0.1, -0.05) is 0 Å². The van der Waals surface area contributed by atoms with Crippen molar-refractivity contribution in [3.05, 3.63) is 0 Å². The third kappa shape index (κ3) is 1.97. The Morgan fingerprint density at radius 2 is 2.50 bits per heavy atom. The van der Waals surface area contributed by atoms with E-state index in [2.05, 4.69) is 0 Å². The molecule has 1 saturated heterocycles.